The number of nitrogens with zero attached hydrogens (tertiary/aromatic N) is 4. The molecule has 6 rings (SSSR count). The second-order valence-electron chi connectivity index (χ2n) is 11.3. The van der Waals surface area contributed by atoms with Crippen molar-refractivity contribution in [2.75, 3.05) is 33.2 Å². The van der Waals surface area contributed by atoms with Crippen LogP contribution in [0.25, 0.3) is 0 Å². The highest BCUT2D eigenvalue weighted by Crippen LogP contribution is 2.37. The smallest absolute Gasteiger partial charge is 0.320 e. The number of carbonyl (C=O) groups is 1. The van der Waals surface area contributed by atoms with Gasteiger partial charge in [-0.05, 0) is 87.5 Å². The summed E-state index contributed by atoms with van der Waals surface area (Å²) >= 11 is 0. The van der Waals surface area contributed by atoms with Gasteiger partial charge in [-0.3, -0.25) is 9.69 Å². The van der Waals surface area contributed by atoms with Crippen LogP contribution in [0, 0.1) is 11.7 Å². The monoisotopic (exact) mass is 534 g/mol. The molecular formula is C31H39FN4O3. The van der Waals surface area contributed by atoms with Crippen molar-refractivity contribution in [2.24, 2.45) is 5.92 Å². The Hall–Kier alpha value is -3.10. The molecule has 2 aromatic carbocycles. The first-order chi connectivity index (χ1) is 18.9. The fourth-order valence-corrected chi connectivity index (χ4v) is 5.71. The number of piperidine rings is 1. The summed E-state index contributed by atoms with van der Waals surface area (Å²) in [6.07, 6.45) is 6.98. The number of rotatable bonds is 8. The minimum absolute atomic E-state index is 0.214. The van der Waals surface area contributed by atoms with E-state index in [1.54, 1.807) is 12.1 Å². The lowest BCUT2D eigenvalue weighted by Gasteiger charge is -2.26. The Bertz CT molecular complexity index is 1210. The summed E-state index contributed by atoms with van der Waals surface area (Å²) in [7, 11) is 2.16. The molecule has 3 aliphatic rings. The molecule has 2 saturated heterocycles. The fourth-order valence-electron chi connectivity index (χ4n) is 5.71. The number of hydrogen-bond acceptors (Lipinski definition) is 6. The molecular weight excluding hydrogens is 495 g/mol. The Morgan fingerprint density at radius 1 is 1.00 bits per heavy atom. The fraction of sp³-hybridized carbons (Fsp3) is 0.516. The summed E-state index contributed by atoms with van der Waals surface area (Å²) < 4.78 is 19.1. The molecule has 1 aromatic heterocycles. The van der Waals surface area contributed by atoms with E-state index < -0.39 is 5.97 Å². The highest BCUT2D eigenvalue weighted by Gasteiger charge is 2.37. The Labute approximate surface area is 230 Å². The van der Waals surface area contributed by atoms with E-state index in [9.17, 15) is 14.3 Å². The minimum atomic E-state index is -0.711. The van der Waals surface area contributed by atoms with E-state index in [0.29, 0.717) is 11.8 Å². The van der Waals surface area contributed by atoms with Gasteiger partial charge in [-0.2, -0.15) is 0 Å². The molecule has 3 heterocycles. The average molecular weight is 535 g/mol. The van der Waals surface area contributed by atoms with Crippen LogP contribution in [0.2, 0.25) is 0 Å². The Morgan fingerprint density at radius 2 is 1.74 bits per heavy atom. The van der Waals surface area contributed by atoms with Gasteiger partial charge in [-0.15, -0.1) is 10.2 Å². The second-order valence-corrected chi connectivity index (χ2v) is 11.3. The van der Waals surface area contributed by atoms with Gasteiger partial charge in [-0.1, -0.05) is 55.3 Å². The summed E-state index contributed by atoms with van der Waals surface area (Å²) in [4.78, 5) is 15.9. The Kier molecular flexibility index (Phi) is 9.04. The van der Waals surface area contributed by atoms with Gasteiger partial charge in [-0.25, -0.2) is 4.39 Å². The average Bonchev–Trinajstić information content (AvgIpc) is 3.42. The number of aromatic nitrogens is 2. The van der Waals surface area contributed by atoms with Crippen molar-refractivity contribution in [3.63, 3.8) is 0 Å². The maximum atomic E-state index is 13.3. The molecule has 0 spiro atoms. The van der Waals surface area contributed by atoms with Crippen LogP contribution in [0.15, 0.2) is 59.0 Å². The molecule has 1 N–H and O–H groups in total. The molecule has 8 heteroatoms. The lowest BCUT2D eigenvalue weighted by Crippen LogP contribution is -2.40. The predicted octanol–water partition coefficient (Wildman–Crippen LogP) is 5.34. The second kappa shape index (κ2) is 12.8. The zero-order chi connectivity index (χ0) is 27.2. The van der Waals surface area contributed by atoms with E-state index in [4.69, 9.17) is 4.42 Å². The van der Waals surface area contributed by atoms with Gasteiger partial charge in [0.05, 0.1) is 6.42 Å². The van der Waals surface area contributed by atoms with E-state index in [2.05, 4.69) is 39.2 Å². The maximum absolute atomic E-state index is 13.3. The summed E-state index contributed by atoms with van der Waals surface area (Å²) in [5.74, 6) is 1.91. The molecule has 2 unspecified atom stereocenters. The first-order valence-corrected chi connectivity index (χ1v) is 14.2. The Morgan fingerprint density at radius 3 is 2.44 bits per heavy atom. The first-order valence-electron chi connectivity index (χ1n) is 14.2. The lowest BCUT2D eigenvalue weighted by molar-refractivity contribution is -0.143. The van der Waals surface area contributed by atoms with E-state index in [1.165, 1.54) is 24.5 Å². The van der Waals surface area contributed by atoms with Gasteiger partial charge in [0.15, 0.2) is 0 Å². The Balaban J connectivity index is 0.000000158. The quantitative estimate of drug-likeness (QED) is 0.418. The number of likely N-dealkylation sites (tertiary alicyclic amines) is 2. The van der Waals surface area contributed by atoms with E-state index in [-0.39, 0.29) is 17.8 Å². The van der Waals surface area contributed by atoms with Crippen molar-refractivity contribution >= 4 is 5.97 Å². The van der Waals surface area contributed by atoms with Crippen molar-refractivity contribution in [2.45, 2.75) is 62.8 Å². The molecule has 0 radical (unpaired) electrons. The van der Waals surface area contributed by atoms with Gasteiger partial charge in [0, 0.05) is 12.5 Å². The predicted molar refractivity (Wildman–Crippen MR) is 147 cm³/mol. The van der Waals surface area contributed by atoms with Crippen LogP contribution in [0.1, 0.15) is 73.3 Å². The normalized spacial score (nSPS) is 21.3. The minimum Gasteiger partial charge on any atom is -0.480 e. The number of carboxylic acid groups (broad SMARTS) is 1. The third kappa shape index (κ3) is 7.73. The van der Waals surface area contributed by atoms with Crippen molar-refractivity contribution in [3.05, 3.63) is 83.3 Å². The first kappa shape index (κ1) is 27.5. The van der Waals surface area contributed by atoms with E-state index in [1.807, 2.05) is 24.3 Å². The molecule has 2 aliphatic heterocycles. The third-order valence-electron chi connectivity index (χ3n) is 8.27. The van der Waals surface area contributed by atoms with Crippen LogP contribution in [0.3, 0.4) is 0 Å². The summed E-state index contributed by atoms with van der Waals surface area (Å²) in [6, 6.07) is 16.6. The SMILES string of the molecule is CN1CCC(c2nnc(Cc3ccccc3)o2)CC1.O=C(O)C(CC1CC1)N1CCC(c2cccc(F)c2)C1. The third-order valence-corrected chi connectivity index (χ3v) is 8.27. The van der Waals surface area contributed by atoms with Gasteiger partial charge in [0.2, 0.25) is 11.8 Å². The van der Waals surface area contributed by atoms with E-state index >= 15 is 0 Å². The van der Waals surface area contributed by atoms with Crippen molar-refractivity contribution in [3.8, 4) is 0 Å². The van der Waals surface area contributed by atoms with Crippen molar-refractivity contribution in [1.82, 2.24) is 20.0 Å². The zero-order valence-corrected chi connectivity index (χ0v) is 22.7. The van der Waals surface area contributed by atoms with Crippen LogP contribution < -0.4 is 0 Å². The topological polar surface area (TPSA) is 82.7 Å². The standard InChI is InChI=1S/C16H20FNO2.C15H19N3O/c17-14-3-1-2-12(9-14)13-6-7-18(10-13)15(16(19)20)8-11-4-5-11;1-18-9-7-13(8-10-18)15-17-16-14(19-15)11-12-5-3-2-4-6-12/h1-3,9,11,13,15H,4-8,10H2,(H,19,20);2-6,13H,7-11H2,1H3. The van der Waals surface area contributed by atoms with Gasteiger partial charge in [0.1, 0.15) is 11.9 Å². The number of carboxylic acids is 1. The lowest BCUT2D eigenvalue weighted by atomic mass is 9.97. The summed E-state index contributed by atoms with van der Waals surface area (Å²) in [5.41, 5.74) is 2.20. The number of aliphatic carboxylic acids is 1. The molecule has 2 atom stereocenters. The van der Waals surface area contributed by atoms with Gasteiger partial charge in [0.25, 0.3) is 0 Å². The number of halogens is 1. The largest absolute Gasteiger partial charge is 0.480 e. The maximum Gasteiger partial charge on any atom is 0.320 e. The van der Waals surface area contributed by atoms with Crippen LogP contribution in [0.5, 0.6) is 0 Å². The van der Waals surface area contributed by atoms with Crippen molar-refractivity contribution in [1.29, 1.82) is 0 Å². The zero-order valence-electron chi connectivity index (χ0n) is 22.7. The molecule has 1 aliphatic carbocycles. The molecule has 3 fully saturated rings. The van der Waals surface area contributed by atoms with E-state index in [0.717, 1.165) is 75.6 Å². The number of benzene rings is 2. The van der Waals surface area contributed by atoms with Crippen molar-refractivity contribution < 1.29 is 18.7 Å². The molecule has 7 nitrogen and oxygen atoms in total. The molecule has 3 aromatic rings. The summed E-state index contributed by atoms with van der Waals surface area (Å²) in [5, 5.41) is 17.8. The van der Waals surface area contributed by atoms with Crippen LogP contribution >= 0.6 is 0 Å². The molecule has 208 valence electrons. The van der Waals surface area contributed by atoms with Crippen LogP contribution in [-0.4, -0.2) is 70.3 Å². The number of hydrogen-bond donors (Lipinski definition) is 1. The van der Waals surface area contributed by atoms with Crippen LogP contribution in [-0.2, 0) is 11.2 Å². The highest BCUT2D eigenvalue weighted by molar-refractivity contribution is 5.73. The molecule has 39 heavy (non-hydrogen) atoms. The van der Waals surface area contributed by atoms with Crippen LogP contribution in [0.4, 0.5) is 4.39 Å². The highest BCUT2D eigenvalue weighted by atomic mass is 19.1. The molecule has 1 saturated carbocycles. The van der Waals surface area contributed by atoms with Gasteiger partial charge >= 0.3 is 5.97 Å². The summed E-state index contributed by atoms with van der Waals surface area (Å²) in [6.45, 7) is 3.75. The molecule has 0 bridgehead atoms. The van der Waals surface area contributed by atoms with Gasteiger partial charge < -0.3 is 14.4 Å². The molecule has 0 amide bonds.